The first-order chi connectivity index (χ1) is 15.7. The molecule has 0 unspecified atom stereocenters. The summed E-state index contributed by atoms with van der Waals surface area (Å²) in [6, 6.07) is 21.9. The number of nitrogens with one attached hydrogen (secondary N) is 2. The van der Waals surface area contributed by atoms with Crippen molar-refractivity contribution in [2.45, 2.75) is 31.6 Å². The van der Waals surface area contributed by atoms with Gasteiger partial charge in [0.2, 0.25) is 5.91 Å². The summed E-state index contributed by atoms with van der Waals surface area (Å²) in [4.78, 5) is 12.2. The zero-order chi connectivity index (χ0) is 22.2. The predicted molar refractivity (Wildman–Crippen MR) is 126 cm³/mol. The van der Waals surface area contributed by atoms with Crippen LogP contribution in [-0.2, 0) is 17.9 Å². The Balaban J connectivity index is 1.39. The number of rotatable bonds is 10. The Bertz CT molecular complexity index is 1130. The van der Waals surface area contributed by atoms with Crippen molar-refractivity contribution in [3.8, 4) is 5.69 Å². The van der Waals surface area contributed by atoms with Gasteiger partial charge >= 0.3 is 0 Å². The number of amides is 1. The summed E-state index contributed by atoms with van der Waals surface area (Å²) in [7, 11) is 0. The zero-order valence-corrected chi connectivity index (χ0v) is 18.6. The second-order valence-corrected chi connectivity index (χ2v) is 8.31. The molecule has 0 bridgehead atoms. The molecule has 0 radical (unpaired) electrons. The van der Waals surface area contributed by atoms with Gasteiger partial charge in [0.25, 0.3) is 0 Å². The molecule has 0 saturated heterocycles. The van der Waals surface area contributed by atoms with E-state index in [-0.39, 0.29) is 5.91 Å². The number of carbonyl (C=O) groups excluding carboxylic acids is 1. The molecule has 2 aromatic carbocycles. The number of hydrogen-bond acceptors (Lipinski definition) is 6. The van der Waals surface area contributed by atoms with Crippen LogP contribution in [0.4, 0.5) is 5.69 Å². The molecule has 2 N–H and O–H groups in total. The van der Waals surface area contributed by atoms with Crippen molar-refractivity contribution in [2.24, 2.45) is 0 Å². The van der Waals surface area contributed by atoms with Gasteiger partial charge in [0.15, 0.2) is 11.0 Å². The molecule has 4 rings (SSSR count). The molecule has 0 atom stereocenters. The maximum atomic E-state index is 12.2. The van der Waals surface area contributed by atoms with Crippen molar-refractivity contribution in [1.82, 2.24) is 20.1 Å². The quantitative estimate of drug-likeness (QED) is 0.346. The molecule has 0 saturated carbocycles. The van der Waals surface area contributed by atoms with E-state index in [1.807, 2.05) is 41.0 Å². The van der Waals surface area contributed by atoms with Crippen LogP contribution in [0, 0.1) is 6.92 Å². The molecular formula is C24H25N5O2S. The third kappa shape index (κ3) is 5.79. The van der Waals surface area contributed by atoms with Crippen molar-refractivity contribution in [3.63, 3.8) is 0 Å². The summed E-state index contributed by atoms with van der Waals surface area (Å²) in [6.07, 6.45) is 1.98. The van der Waals surface area contributed by atoms with Gasteiger partial charge in [-0.15, -0.1) is 10.2 Å². The van der Waals surface area contributed by atoms with Gasteiger partial charge in [-0.1, -0.05) is 47.7 Å². The number of nitrogens with zero attached hydrogens (tertiary/aromatic N) is 3. The number of para-hydroxylation sites is 1. The van der Waals surface area contributed by atoms with Gasteiger partial charge in [-0.2, -0.15) is 0 Å². The third-order valence-electron chi connectivity index (χ3n) is 4.82. The van der Waals surface area contributed by atoms with E-state index in [0.29, 0.717) is 25.3 Å². The number of thioether (sulfide) groups is 1. The highest BCUT2D eigenvalue weighted by Crippen LogP contribution is 2.23. The molecule has 2 heterocycles. The molecule has 164 valence electrons. The summed E-state index contributed by atoms with van der Waals surface area (Å²) in [5.74, 6) is 2.11. The molecule has 2 aromatic heterocycles. The molecular weight excluding hydrogens is 422 g/mol. The molecule has 1 amide bonds. The Kier molecular flexibility index (Phi) is 7.24. The summed E-state index contributed by atoms with van der Waals surface area (Å²) in [5, 5.41) is 15.8. The Morgan fingerprint density at radius 1 is 1.00 bits per heavy atom. The maximum Gasteiger partial charge on any atom is 0.221 e. The third-order valence-corrected chi connectivity index (χ3v) is 5.75. The summed E-state index contributed by atoms with van der Waals surface area (Å²) < 4.78 is 7.27. The minimum atomic E-state index is -0.0269. The predicted octanol–water partition coefficient (Wildman–Crippen LogP) is 4.58. The van der Waals surface area contributed by atoms with Crippen LogP contribution in [0.5, 0.6) is 0 Å². The maximum absolute atomic E-state index is 12.2. The largest absolute Gasteiger partial charge is 0.467 e. The lowest BCUT2D eigenvalue weighted by Crippen LogP contribution is -2.22. The number of aryl methyl sites for hydroxylation is 1. The Morgan fingerprint density at radius 3 is 2.56 bits per heavy atom. The first kappa shape index (κ1) is 21.7. The first-order valence-corrected chi connectivity index (χ1v) is 11.4. The first-order valence-electron chi connectivity index (χ1n) is 10.4. The fraction of sp³-hybridized carbons (Fsp3) is 0.208. The van der Waals surface area contributed by atoms with Crippen LogP contribution in [0.15, 0.2) is 82.6 Å². The van der Waals surface area contributed by atoms with Gasteiger partial charge < -0.3 is 15.1 Å². The van der Waals surface area contributed by atoms with E-state index in [9.17, 15) is 4.79 Å². The highest BCUT2D eigenvalue weighted by molar-refractivity contribution is 7.99. The number of carbonyl (C=O) groups is 1. The fourth-order valence-corrected chi connectivity index (χ4v) is 4.03. The minimum absolute atomic E-state index is 0.0269. The van der Waals surface area contributed by atoms with Crippen molar-refractivity contribution < 1.29 is 9.21 Å². The van der Waals surface area contributed by atoms with Gasteiger partial charge in [0.1, 0.15) is 5.76 Å². The van der Waals surface area contributed by atoms with Gasteiger partial charge in [0.05, 0.1) is 19.4 Å². The second kappa shape index (κ2) is 10.7. The number of hydrogen-bond donors (Lipinski definition) is 2. The van der Waals surface area contributed by atoms with Crippen molar-refractivity contribution >= 4 is 23.4 Å². The van der Waals surface area contributed by atoms with E-state index < -0.39 is 0 Å². The normalized spacial score (nSPS) is 10.8. The van der Waals surface area contributed by atoms with Crippen LogP contribution < -0.4 is 10.6 Å². The summed E-state index contributed by atoms with van der Waals surface area (Å²) in [6.45, 7) is 3.00. The molecule has 0 spiro atoms. The second-order valence-electron chi connectivity index (χ2n) is 7.24. The van der Waals surface area contributed by atoms with Gasteiger partial charge in [-0.3, -0.25) is 9.36 Å². The van der Waals surface area contributed by atoms with E-state index in [1.165, 1.54) is 17.3 Å². The SMILES string of the molecule is Cc1ccc(NCc2nnc(SCCC(=O)NCc3ccco3)n2-c2ccccc2)cc1. The molecule has 8 heteroatoms. The number of anilines is 1. The molecule has 7 nitrogen and oxygen atoms in total. The fourth-order valence-electron chi connectivity index (χ4n) is 3.12. The van der Waals surface area contributed by atoms with Crippen molar-refractivity contribution in [1.29, 1.82) is 0 Å². The van der Waals surface area contributed by atoms with Crippen LogP contribution >= 0.6 is 11.8 Å². The van der Waals surface area contributed by atoms with Gasteiger partial charge in [0, 0.05) is 23.5 Å². The topological polar surface area (TPSA) is 85.0 Å². The number of benzene rings is 2. The smallest absolute Gasteiger partial charge is 0.221 e. The zero-order valence-electron chi connectivity index (χ0n) is 17.8. The van der Waals surface area contributed by atoms with Crippen molar-refractivity contribution in [3.05, 3.63) is 90.1 Å². The lowest BCUT2D eigenvalue weighted by Gasteiger charge is -2.11. The standard InChI is InChI=1S/C24H25N5O2S/c1-18-9-11-19(12-10-18)25-17-22-27-28-24(29(22)20-6-3-2-4-7-20)32-15-13-23(30)26-16-21-8-5-14-31-21/h2-12,14,25H,13,15-17H2,1H3,(H,26,30). The Labute approximate surface area is 191 Å². The van der Waals surface area contributed by atoms with Crippen LogP contribution in [-0.4, -0.2) is 26.4 Å². The summed E-state index contributed by atoms with van der Waals surface area (Å²) >= 11 is 1.52. The lowest BCUT2D eigenvalue weighted by atomic mass is 10.2. The lowest BCUT2D eigenvalue weighted by molar-refractivity contribution is -0.120. The highest BCUT2D eigenvalue weighted by Gasteiger charge is 2.15. The monoisotopic (exact) mass is 447 g/mol. The average Bonchev–Trinajstić information content (AvgIpc) is 3.48. The molecule has 0 aliphatic heterocycles. The van der Waals surface area contributed by atoms with E-state index in [1.54, 1.807) is 12.3 Å². The molecule has 0 aliphatic rings. The highest BCUT2D eigenvalue weighted by atomic mass is 32.2. The van der Waals surface area contributed by atoms with E-state index in [4.69, 9.17) is 4.42 Å². The minimum Gasteiger partial charge on any atom is -0.467 e. The van der Waals surface area contributed by atoms with Crippen LogP contribution in [0.25, 0.3) is 5.69 Å². The average molecular weight is 448 g/mol. The van der Waals surface area contributed by atoms with E-state index in [0.717, 1.165) is 28.1 Å². The van der Waals surface area contributed by atoms with E-state index >= 15 is 0 Å². The molecule has 0 aliphatic carbocycles. The van der Waals surface area contributed by atoms with E-state index in [2.05, 4.69) is 52.0 Å². The Morgan fingerprint density at radius 2 is 1.81 bits per heavy atom. The number of aromatic nitrogens is 3. The number of furan rings is 1. The molecule has 0 fully saturated rings. The van der Waals surface area contributed by atoms with Gasteiger partial charge in [-0.05, 0) is 43.3 Å². The molecule has 32 heavy (non-hydrogen) atoms. The van der Waals surface area contributed by atoms with Crippen LogP contribution in [0.2, 0.25) is 0 Å². The summed E-state index contributed by atoms with van der Waals surface area (Å²) in [5.41, 5.74) is 3.23. The van der Waals surface area contributed by atoms with Crippen molar-refractivity contribution in [2.75, 3.05) is 11.1 Å². The Hall–Kier alpha value is -3.52. The molecule has 4 aromatic rings. The van der Waals surface area contributed by atoms with Gasteiger partial charge in [-0.25, -0.2) is 0 Å². The van der Waals surface area contributed by atoms with Crippen LogP contribution in [0.1, 0.15) is 23.6 Å². The van der Waals surface area contributed by atoms with Crippen LogP contribution in [0.3, 0.4) is 0 Å².